The number of amides is 3. The number of carbonyl (C=O) groups is 2. The van der Waals surface area contributed by atoms with Gasteiger partial charge in [0.25, 0.3) is 5.69 Å². The van der Waals surface area contributed by atoms with Crippen molar-refractivity contribution in [3.63, 3.8) is 0 Å². The normalized spacial score (nSPS) is 16.7. The molecular weight excluding hydrogens is 706 g/mol. The minimum absolute atomic E-state index is 0.00675. The average Bonchev–Trinajstić information content (AvgIpc) is 3.26. The number of halogens is 12. The lowest BCUT2D eigenvalue weighted by Crippen LogP contribution is -2.61. The van der Waals surface area contributed by atoms with Gasteiger partial charge in [0, 0.05) is 41.3 Å². The van der Waals surface area contributed by atoms with Crippen molar-refractivity contribution in [2.75, 3.05) is 24.6 Å². The zero-order valence-corrected chi connectivity index (χ0v) is 26.1. The second-order valence-electron chi connectivity index (χ2n) is 12.1. The smallest absolute Gasteiger partial charge is 0.315 e. The van der Waals surface area contributed by atoms with Crippen molar-refractivity contribution >= 4 is 28.4 Å². The van der Waals surface area contributed by atoms with Crippen LogP contribution in [0.5, 0.6) is 0 Å². The molecule has 0 radical (unpaired) electrons. The van der Waals surface area contributed by atoms with Crippen LogP contribution in [0, 0.1) is 15.5 Å². The Hall–Kier alpha value is -3.13. The van der Waals surface area contributed by atoms with E-state index in [2.05, 4.69) is 5.32 Å². The molecule has 0 aliphatic carbocycles. The summed E-state index contributed by atoms with van der Waals surface area (Å²) in [5.41, 5.74) is -3.39. The van der Waals surface area contributed by atoms with Crippen LogP contribution in [0.4, 0.5) is 63.2 Å². The lowest BCUT2D eigenvalue weighted by molar-refractivity contribution is -0.396. The molecule has 1 heterocycles. The fraction of sp³-hybridized carbons (Fsp3) is 0.704. The molecule has 1 aromatic rings. The Labute approximate surface area is 268 Å². The Morgan fingerprint density at radius 2 is 1.52 bits per heavy atom. The maximum Gasteiger partial charge on any atom is 0.460 e. The molecule has 1 aliphatic rings. The number of nitro benzene ring substituents is 1. The number of urea groups is 1. The van der Waals surface area contributed by atoms with E-state index in [1.807, 2.05) is 0 Å². The van der Waals surface area contributed by atoms with Gasteiger partial charge in [-0.1, -0.05) is 26.3 Å². The molecule has 274 valence electrons. The van der Waals surface area contributed by atoms with E-state index in [0.717, 1.165) is 11.0 Å². The van der Waals surface area contributed by atoms with Gasteiger partial charge in [0.05, 0.1) is 4.92 Å². The van der Waals surface area contributed by atoms with Crippen molar-refractivity contribution in [1.82, 2.24) is 10.2 Å². The molecule has 0 saturated carbocycles. The van der Waals surface area contributed by atoms with Crippen molar-refractivity contribution < 1.29 is 71.4 Å². The first-order valence-corrected chi connectivity index (χ1v) is 15.6. The highest BCUT2D eigenvalue weighted by molar-refractivity contribution is 7.84. The second kappa shape index (κ2) is 14.8. The Morgan fingerprint density at radius 1 is 0.917 bits per heavy atom. The summed E-state index contributed by atoms with van der Waals surface area (Å²) >= 11 is 0. The van der Waals surface area contributed by atoms with Gasteiger partial charge < -0.3 is 4.90 Å². The van der Waals surface area contributed by atoms with E-state index < -0.39 is 98.3 Å². The number of rotatable bonds is 17. The summed E-state index contributed by atoms with van der Waals surface area (Å²) in [6.07, 6.45) is -13.7. The molecule has 2 rings (SSSR count). The summed E-state index contributed by atoms with van der Waals surface area (Å²) in [6, 6.07) is 1.74. The highest BCUT2D eigenvalue weighted by Crippen LogP contribution is 2.54. The number of unbranched alkanes of at least 4 members (excludes halogenated alkanes) is 1. The van der Waals surface area contributed by atoms with E-state index in [-0.39, 0.29) is 50.8 Å². The lowest BCUT2D eigenvalue weighted by atomic mass is 9.75. The van der Waals surface area contributed by atoms with Crippen LogP contribution < -0.4 is 5.32 Å². The summed E-state index contributed by atoms with van der Waals surface area (Å²) in [6.45, 7) is 2.99. The third kappa shape index (κ3) is 9.96. The Balaban J connectivity index is 2.09. The average molecular weight is 738 g/mol. The molecule has 21 heteroatoms. The van der Waals surface area contributed by atoms with E-state index in [4.69, 9.17) is 0 Å². The molecule has 1 aliphatic heterocycles. The summed E-state index contributed by atoms with van der Waals surface area (Å²) in [7, 11) is -2.32. The third-order valence-electron chi connectivity index (χ3n) is 7.74. The van der Waals surface area contributed by atoms with E-state index in [1.54, 1.807) is 13.8 Å². The molecule has 0 bridgehead atoms. The second-order valence-corrected chi connectivity index (χ2v) is 13.8. The fourth-order valence-electron chi connectivity index (χ4n) is 5.10. The number of benzene rings is 1. The fourth-order valence-corrected chi connectivity index (χ4v) is 6.31. The largest absolute Gasteiger partial charge is 0.460 e. The zero-order valence-electron chi connectivity index (χ0n) is 25.3. The molecule has 0 aromatic heterocycles. The Bertz CT molecular complexity index is 1370. The van der Waals surface area contributed by atoms with E-state index in [9.17, 15) is 76.6 Å². The molecule has 1 N–H and O–H groups in total. The number of alkyl halides is 12. The van der Waals surface area contributed by atoms with E-state index in [0.29, 0.717) is 12.1 Å². The highest BCUT2D eigenvalue weighted by atomic mass is 32.2. The zero-order chi connectivity index (χ0) is 37.1. The van der Waals surface area contributed by atoms with Gasteiger partial charge in [-0.25, -0.2) is 4.79 Å². The van der Waals surface area contributed by atoms with Crippen LogP contribution >= 0.6 is 0 Å². The number of nitrogens with zero attached hydrogens (tertiary/aromatic N) is 2. The monoisotopic (exact) mass is 737 g/mol. The van der Waals surface area contributed by atoms with Gasteiger partial charge in [0.2, 0.25) is 5.91 Å². The minimum Gasteiger partial charge on any atom is -0.315 e. The van der Waals surface area contributed by atoms with Gasteiger partial charge in [-0.3, -0.25) is 24.4 Å². The number of carbonyl (C=O) groups excluding carboxylic acids is 2. The summed E-state index contributed by atoms with van der Waals surface area (Å²) in [5.74, 6) is -22.8. The first-order chi connectivity index (χ1) is 21.6. The maximum atomic E-state index is 13.7. The van der Waals surface area contributed by atoms with Crippen molar-refractivity contribution in [3.8, 4) is 0 Å². The number of nitrogens with one attached hydrogen (secondary N) is 1. The first kappa shape index (κ1) is 41.0. The van der Waals surface area contributed by atoms with Crippen LogP contribution in [-0.2, 0) is 21.8 Å². The SMILES string of the molecule is CC(C)(CCCCS(=O)CCC(F)(F)C(F)(F)C(F)(F)C(F)(F)F)CC(CCN1CC(=O)NC1=O)c1ccc([N+](=O)[O-])c(C(F)(F)F)c1. The molecule has 3 amide bonds. The van der Waals surface area contributed by atoms with E-state index in [1.165, 1.54) is 0 Å². The van der Waals surface area contributed by atoms with Crippen molar-refractivity contribution in [2.45, 2.75) is 88.4 Å². The van der Waals surface area contributed by atoms with Gasteiger partial charge >= 0.3 is 36.2 Å². The predicted octanol–water partition coefficient (Wildman–Crippen LogP) is 7.83. The molecule has 1 aromatic carbocycles. The highest BCUT2D eigenvalue weighted by Gasteiger charge is 2.81. The predicted molar refractivity (Wildman–Crippen MR) is 146 cm³/mol. The van der Waals surface area contributed by atoms with Crippen LogP contribution in [0.2, 0.25) is 0 Å². The summed E-state index contributed by atoms with van der Waals surface area (Å²) in [4.78, 5) is 34.7. The summed E-state index contributed by atoms with van der Waals surface area (Å²) in [5, 5.41) is 13.3. The van der Waals surface area contributed by atoms with Gasteiger partial charge in [-0.2, -0.15) is 52.7 Å². The van der Waals surface area contributed by atoms with Gasteiger partial charge in [0.15, 0.2) is 0 Å². The lowest BCUT2D eigenvalue weighted by Gasteiger charge is -2.33. The van der Waals surface area contributed by atoms with Gasteiger partial charge in [-0.05, 0) is 48.6 Å². The molecular formula is C27H31F12N3O5S. The Kier molecular flexibility index (Phi) is 12.6. The molecule has 1 saturated heterocycles. The van der Waals surface area contributed by atoms with Crippen molar-refractivity contribution in [1.29, 1.82) is 0 Å². The molecule has 8 nitrogen and oxygen atoms in total. The first-order valence-electron chi connectivity index (χ1n) is 14.1. The van der Waals surface area contributed by atoms with Crippen LogP contribution in [0.15, 0.2) is 18.2 Å². The Morgan fingerprint density at radius 3 is 2.02 bits per heavy atom. The number of nitro groups is 1. The molecule has 48 heavy (non-hydrogen) atoms. The molecule has 2 unspecified atom stereocenters. The van der Waals surface area contributed by atoms with E-state index >= 15 is 0 Å². The molecule has 1 fully saturated rings. The number of imide groups is 1. The van der Waals surface area contributed by atoms with Gasteiger partial charge in [-0.15, -0.1) is 0 Å². The van der Waals surface area contributed by atoms with Crippen LogP contribution in [-0.4, -0.2) is 74.5 Å². The quantitative estimate of drug-likeness (QED) is 0.0577. The van der Waals surface area contributed by atoms with Crippen molar-refractivity contribution in [3.05, 3.63) is 39.4 Å². The number of hydrogen-bond acceptors (Lipinski definition) is 5. The topological polar surface area (TPSA) is 110 Å². The van der Waals surface area contributed by atoms with Gasteiger partial charge in [0.1, 0.15) is 12.1 Å². The van der Waals surface area contributed by atoms with Crippen LogP contribution in [0.25, 0.3) is 0 Å². The maximum absolute atomic E-state index is 13.7. The minimum atomic E-state index is -7.05. The molecule has 0 spiro atoms. The standard InChI is InChI=1S/C27H31F12N3O5S/c1-22(2,8-3-4-11-48(47)12-9-23(28,29)25(33,34)26(35,36)27(37,38)39)14-17(7-10-41-15-20(43)40-21(41)44)16-5-6-19(42(45)46)18(13-16)24(30,31)32/h5-6,13,17H,3-4,7-12,14-15H2,1-2H3,(H,40,43,44). The molecule has 2 atom stereocenters. The van der Waals surface area contributed by atoms with Crippen molar-refractivity contribution in [2.24, 2.45) is 5.41 Å². The van der Waals surface area contributed by atoms with Crippen LogP contribution in [0.1, 0.15) is 69.4 Å². The third-order valence-corrected chi connectivity index (χ3v) is 9.14. The number of hydrogen-bond donors (Lipinski definition) is 1. The van der Waals surface area contributed by atoms with Crippen LogP contribution in [0.3, 0.4) is 0 Å². The summed E-state index contributed by atoms with van der Waals surface area (Å²) < 4.78 is 170.